The van der Waals surface area contributed by atoms with Crippen molar-refractivity contribution in [3.8, 4) is 0 Å². The number of alkyl halides is 5. The molecule has 0 fully saturated rings. The molecule has 0 aliphatic rings. The summed E-state index contributed by atoms with van der Waals surface area (Å²) in [6.07, 6.45) is -4.42. The minimum atomic E-state index is -3.24. The molecule has 1 heterocycles. The van der Waals surface area contributed by atoms with Crippen molar-refractivity contribution in [1.29, 1.82) is 5.41 Å². The van der Waals surface area contributed by atoms with Crippen molar-refractivity contribution < 1.29 is 71.7 Å². The number of aromatic nitrogens is 2. The zero-order chi connectivity index (χ0) is 24.9. The number of halogens is 6. The van der Waals surface area contributed by atoms with E-state index >= 15 is 0 Å². The second kappa shape index (κ2) is 26.7. The molecule has 0 radical (unpaired) electrons. The van der Waals surface area contributed by atoms with Crippen LogP contribution in [0.3, 0.4) is 0 Å². The fraction of sp³-hybridized carbons (Fsp3) is 0.500. The Morgan fingerprint density at radius 1 is 1.35 bits per heavy atom. The summed E-state index contributed by atoms with van der Waals surface area (Å²) in [7, 11) is 1.75. The van der Waals surface area contributed by atoms with Crippen LogP contribution in [0.25, 0.3) is 0 Å². The van der Waals surface area contributed by atoms with Gasteiger partial charge < -0.3 is 25.7 Å². The molecule has 0 saturated carbocycles. The number of hydrogen-bond acceptors (Lipinski definition) is 8. The standard InChI is InChI=1S/C6H7ClF2O3.C5H3ClF2N2O.CH4N2.CH4O.CH3O.Na/c1-2-12-6(11)3(7)4(10)5(8)9;6-2-3(4(7)8)9-1-10-5(2)11;2-1-3;2*1-2;/h3,5H,2H2,1H3;1,4H,(H,9,10,11);1H,(H3,2,3);2H,1H3;1H3;/q;;;;-1;+1. The van der Waals surface area contributed by atoms with Gasteiger partial charge in [0, 0.05) is 7.11 Å². The summed E-state index contributed by atoms with van der Waals surface area (Å²) in [6, 6.07) is 0. The topological polar surface area (TPSA) is 182 Å². The Morgan fingerprint density at radius 3 is 2.06 bits per heavy atom. The van der Waals surface area contributed by atoms with Crippen LogP contribution in [0, 0.1) is 5.41 Å². The molecule has 1 rings (SSSR count). The number of carbonyl (C=O) groups is 2. The molecule has 0 amide bonds. The van der Waals surface area contributed by atoms with Gasteiger partial charge in [-0.3, -0.25) is 15.0 Å². The Kier molecular flexibility index (Phi) is 34.6. The van der Waals surface area contributed by atoms with Crippen molar-refractivity contribution in [2.45, 2.75) is 25.2 Å². The number of nitrogens with two attached hydrogens (primary N) is 1. The van der Waals surface area contributed by atoms with E-state index in [0.29, 0.717) is 0 Å². The average Bonchev–Trinajstić information content (AvgIpc) is 2.72. The summed E-state index contributed by atoms with van der Waals surface area (Å²) in [4.78, 5) is 36.8. The summed E-state index contributed by atoms with van der Waals surface area (Å²) >= 11 is 10.3. The number of aliphatic hydroxyl groups excluding tert-OH is 1. The summed E-state index contributed by atoms with van der Waals surface area (Å²) < 4.78 is 51.3. The number of nitrogens with one attached hydrogen (secondary N) is 2. The molecule has 0 saturated heterocycles. The van der Waals surface area contributed by atoms with Crippen LogP contribution in [0.1, 0.15) is 19.0 Å². The van der Waals surface area contributed by atoms with Crippen LogP contribution in [0.4, 0.5) is 17.6 Å². The normalized spacial score (nSPS) is 9.45. The summed E-state index contributed by atoms with van der Waals surface area (Å²) in [5.41, 5.74) is 2.95. The van der Waals surface area contributed by atoms with E-state index in [1.54, 1.807) is 0 Å². The molecule has 1 unspecified atom stereocenters. The van der Waals surface area contributed by atoms with Crippen molar-refractivity contribution in [3.63, 3.8) is 0 Å². The van der Waals surface area contributed by atoms with Crippen molar-refractivity contribution in [2.75, 3.05) is 20.8 Å². The van der Waals surface area contributed by atoms with Crippen molar-refractivity contribution in [2.24, 2.45) is 5.73 Å². The minimum Gasteiger partial charge on any atom is -0.857 e. The molecule has 0 spiro atoms. The van der Waals surface area contributed by atoms with Crippen molar-refractivity contribution >= 4 is 41.3 Å². The molecule has 1 atom stereocenters. The number of aliphatic hydroxyl groups is 1. The van der Waals surface area contributed by atoms with E-state index in [0.717, 1.165) is 26.9 Å². The Bertz CT molecular complexity index is 659. The van der Waals surface area contributed by atoms with Crippen LogP contribution in [-0.4, -0.2) is 65.8 Å². The Balaban J connectivity index is -0.000000110. The predicted octanol–water partition coefficient (Wildman–Crippen LogP) is -2.51. The number of aromatic amines is 1. The maximum atomic E-state index is 11.9. The summed E-state index contributed by atoms with van der Waals surface area (Å²) in [5, 5.41) is 18.7. The van der Waals surface area contributed by atoms with E-state index in [1.807, 2.05) is 0 Å². The molecule has 5 N–H and O–H groups in total. The third kappa shape index (κ3) is 20.4. The van der Waals surface area contributed by atoms with Gasteiger partial charge in [-0.25, -0.2) is 27.3 Å². The number of Topliss-reactive ketones (excluding diaryl/α,β-unsaturated/α-hetero) is 1. The summed E-state index contributed by atoms with van der Waals surface area (Å²) in [5.74, 6) is -2.76. The van der Waals surface area contributed by atoms with E-state index < -0.39 is 46.3 Å². The minimum absolute atomic E-state index is 0. The number of rotatable bonds is 5. The van der Waals surface area contributed by atoms with E-state index in [9.17, 15) is 31.9 Å². The number of carbonyl (C=O) groups excluding carboxylic acids is 2. The van der Waals surface area contributed by atoms with Crippen LogP contribution in [0.15, 0.2) is 11.1 Å². The number of ketones is 1. The Hall–Kier alpha value is -1.29. The van der Waals surface area contributed by atoms with E-state index in [1.165, 1.54) is 6.92 Å². The quantitative estimate of drug-likeness (QED) is 0.0636. The predicted molar refractivity (Wildman–Crippen MR) is 99.1 cm³/mol. The molecular weight excluding hydrogens is 490 g/mol. The monoisotopic (exact) mass is 510 g/mol. The first kappa shape index (κ1) is 40.1. The van der Waals surface area contributed by atoms with Gasteiger partial charge in [-0.05, 0) is 6.92 Å². The molecule has 17 heteroatoms. The maximum absolute atomic E-state index is 11.9. The SMILES string of the molecule is CCOC(=O)C(Cl)C(=O)C(F)F.CO.C[O-].N=CN.O=c1[nH]cnc(C(F)F)c1Cl.[Na+]. The molecule has 1 aromatic rings. The molecule has 0 bridgehead atoms. The van der Waals surface area contributed by atoms with Gasteiger partial charge in [0.1, 0.15) is 10.7 Å². The average molecular weight is 511 g/mol. The number of ether oxygens (including phenoxy) is 1. The van der Waals surface area contributed by atoms with Crippen LogP contribution in [0.5, 0.6) is 0 Å². The largest absolute Gasteiger partial charge is 1.00 e. The Morgan fingerprint density at radius 2 is 1.77 bits per heavy atom. The van der Waals surface area contributed by atoms with E-state index in [-0.39, 0.29) is 36.2 Å². The fourth-order valence-corrected chi connectivity index (χ4v) is 1.34. The molecular formula is C14H21Cl2F4N4NaO6. The van der Waals surface area contributed by atoms with Gasteiger partial charge in [0.05, 0.1) is 19.3 Å². The molecule has 176 valence electrons. The van der Waals surface area contributed by atoms with Gasteiger partial charge in [-0.2, -0.15) is 7.11 Å². The van der Waals surface area contributed by atoms with E-state index in [2.05, 4.69) is 20.4 Å². The molecule has 0 aromatic carbocycles. The van der Waals surface area contributed by atoms with Crippen LogP contribution >= 0.6 is 23.2 Å². The number of H-pyrrole nitrogens is 1. The first-order valence-electron chi connectivity index (χ1n) is 7.25. The van der Waals surface area contributed by atoms with Gasteiger partial charge in [0.25, 0.3) is 18.4 Å². The Labute approximate surface area is 206 Å². The van der Waals surface area contributed by atoms with Gasteiger partial charge in [0.2, 0.25) is 5.78 Å². The van der Waals surface area contributed by atoms with Crippen LogP contribution < -0.4 is 46.0 Å². The van der Waals surface area contributed by atoms with Gasteiger partial charge in [0.15, 0.2) is 5.38 Å². The fourth-order valence-electron chi connectivity index (χ4n) is 0.991. The summed E-state index contributed by atoms with van der Waals surface area (Å²) in [6.45, 7) is 1.48. The molecule has 10 nitrogen and oxygen atoms in total. The number of esters is 1. The number of nitrogens with zero attached hydrogens (tertiary/aromatic N) is 1. The third-order valence-electron chi connectivity index (χ3n) is 1.99. The molecule has 0 aliphatic heterocycles. The first-order chi connectivity index (χ1) is 14.0. The first-order valence-corrected chi connectivity index (χ1v) is 8.06. The number of hydrogen-bond donors (Lipinski definition) is 4. The zero-order valence-electron chi connectivity index (χ0n) is 16.9. The molecule has 1 aromatic heterocycles. The molecule has 31 heavy (non-hydrogen) atoms. The second-order valence-corrected chi connectivity index (χ2v) is 4.53. The maximum Gasteiger partial charge on any atom is 1.00 e. The molecule has 0 aliphatic carbocycles. The van der Waals surface area contributed by atoms with Gasteiger partial charge >= 0.3 is 35.5 Å². The smallest absolute Gasteiger partial charge is 0.857 e. The van der Waals surface area contributed by atoms with Crippen molar-refractivity contribution in [1.82, 2.24) is 9.97 Å². The van der Waals surface area contributed by atoms with Gasteiger partial charge in [-0.15, -0.1) is 11.6 Å². The van der Waals surface area contributed by atoms with Crippen molar-refractivity contribution in [3.05, 3.63) is 27.4 Å². The third-order valence-corrected chi connectivity index (χ3v) is 2.75. The second-order valence-electron chi connectivity index (χ2n) is 3.72. The van der Waals surface area contributed by atoms with Gasteiger partial charge in [-0.1, -0.05) is 11.6 Å². The van der Waals surface area contributed by atoms with Crippen LogP contribution in [0.2, 0.25) is 5.02 Å². The van der Waals surface area contributed by atoms with Crippen LogP contribution in [-0.2, 0) is 14.3 Å². The zero-order valence-corrected chi connectivity index (χ0v) is 20.4. The van der Waals surface area contributed by atoms with E-state index in [4.69, 9.17) is 38.8 Å².